The van der Waals surface area contributed by atoms with E-state index < -0.39 is 5.91 Å². The summed E-state index contributed by atoms with van der Waals surface area (Å²) in [5.41, 5.74) is 4.17. The van der Waals surface area contributed by atoms with E-state index in [9.17, 15) is 9.59 Å². The molecule has 0 aliphatic carbocycles. The highest BCUT2D eigenvalue weighted by molar-refractivity contribution is 5.93. The zero-order valence-electron chi connectivity index (χ0n) is 12.8. The van der Waals surface area contributed by atoms with Gasteiger partial charge >= 0.3 is 0 Å². The molecule has 0 atom stereocenters. The molecule has 6 heteroatoms. The van der Waals surface area contributed by atoms with Crippen LogP contribution in [0.3, 0.4) is 0 Å². The number of hydrogen-bond acceptors (Lipinski definition) is 4. The van der Waals surface area contributed by atoms with E-state index in [-0.39, 0.29) is 11.1 Å². The number of benzene rings is 1. The number of ether oxygens (including phenoxy) is 1. The molecule has 0 unspecified atom stereocenters. The highest BCUT2D eigenvalue weighted by Gasteiger charge is 2.16. The molecule has 116 valence electrons. The van der Waals surface area contributed by atoms with Crippen LogP contribution < -0.4 is 21.6 Å². The lowest BCUT2D eigenvalue weighted by Crippen LogP contribution is -2.36. The third-order valence-electron chi connectivity index (χ3n) is 3.50. The monoisotopic (exact) mass is 301 g/mol. The Balaban J connectivity index is 2.72. The van der Waals surface area contributed by atoms with Gasteiger partial charge in [-0.25, -0.2) is 5.84 Å². The fourth-order valence-electron chi connectivity index (χ4n) is 2.40. The van der Waals surface area contributed by atoms with Gasteiger partial charge in [0.1, 0.15) is 11.3 Å². The number of nitrogens with zero attached hydrogens (tertiary/aromatic N) is 1. The average molecular weight is 301 g/mol. The second-order valence-corrected chi connectivity index (χ2v) is 4.86. The highest BCUT2D eigenvalue weighted by atomic mass is 16.5. The molecular formula is C16H19N3O3. The van der Waals surface area contributed by atoms with Gasteiger partial charge in [0.15, 0.2) is 0 Å². The number of hydrogen-bond donors (Lipinski definition) is 2. The Morgan fingerprint density at radius 2 is 2.05 bits per heavy atom. The van der Waals surface area contributed by atoms with Crippen LogP contribution in [-0.2, 0) is 6.54 Å². The lowest BCUT2D eigenvalue weighted by atomic mass is 10.1. The van der Waals surface area contributed by atoms with Crippen molar-refractivity contribution in [3.8, 4) is 17.0 Å². The standard InChI is InChI=1S/C16H19N3O3/c1-4-19-13(7-6-11(16(19)21)15(20)18-17)12-9-10(2)5-8-14(12)22-3/h5-9H,4,17H2,1-3H3,(H,18,20). The van der Waals surface area contributed by atoms with Crippen LogP contribution in [0.1, 0.15) is 22.8 Å². The molecule has 0 spiro atoms. The normalized spacial score (nSPS) is 10.4. The van der Waals surface area contributed by atoms with Crippen LogP contribution in [0.5, 0.6) is 5.75 Å². The van der Waals surface area contributed by atoms with E-state index >= 15 is 0 Å². The number of carbonyl (C=O) groups excluding carboxylic acids is 1. The first-order valence-corrected chi connectivity index (χ1v) is 6.93. The summed E-state index contributed by atoms with van der Waals surface area (Å²) in [4.78, 5) is 24.1. The molecule has 0 saturated heterocycles. The molecule has 2 aromatic rings. The zero-order valence-corrected chi connectivity index (χ0v) is 12.8. The van der Waals surface area contributed by atoms with E-state index in [4.69, 9.17) is 10.6 Å². The third kappa shape index (κ3) is 2.73. The smallest absolute Gasteiger partial charge is 0.270 e. The molecule has 6 nitrogen and oxygen atoms in total. The van der Waals surface area contributed by atoms with Gasteiger partial charge in [0.2, 0.25) is 0 Å². The van der Waals surface area contributed by atoms with Crippen molar-refractivity contribution in [1.29, 1.82) is 0 Å². The van der Waals surface area contributed by atoms with Crippen molar-refractivity contribution in [2.45, 2.75) is 20.4 Å². The minimum Gasteiger partial charge on any atom is -0.496 e. The van der Waals surface area contributed by atoms with Gasteiger partial charge in [0.25, 0.3) is 11.5 Å². The van der Waals surface area contributed by atoms with Crippen LogP contribution in [0.25, 0.3) is 11.3 Å². The number of methoxy groups -OCH3 is 1. The Kier molecular flexibility index (Phi) is 4.62. The largest absolute Gasteiger partial charge is 0.496 e. The molecule has 0 aliphatic rings. The first kappa shape index (κ1) is 15.8. The molecule has 22 heavy (non-hydrogen) atoms. The van der Waals surface area contributed by atoms with E-state index in [1.54, 1.807) is 13.2 Å². The summed E-state index contributed by atoms with van der Waals surface area (Å²) in [7, 11) is 1.58. The topological polar surface area (TPSA) is 86.3 Å². The van der Waals surface area contributed by atoms with Crippen LogP contribution >= 0.6 is 0 Å². The molecule has 2 rings (SSSR count). The number of pyridine rings is 1. The Labute approximate surface area is 128 Å². The van der Waals surface area contributed by atoms with Crippen LogP contribution in [0.4, 0.5) is 0 Å². The first-order chi connectivity index (χ1) is 10.5. The number of rotatable bonds is 4. The molecule has 0 bridgehead atoms. The van der Waals surface area contributed by atoms with E-state index in [0.29, 0.717) is 18.0 Å². The summed E-state index contributed by atoms with van der Waals surface area (Å²) in [6, 6.07) is 8.95. The Morgan fingerprint density at radius 3 is 2.64 bits per heavy atom. The fraction of sp³-hybridized carbons (Fsp3) is 0.250. The van der Waals surface area contributed by atoms with Gasteiger partial charge in [0.05, 0.1) is 12.8 Å². The number of hydrazine groups is 1. The maximum atomic E-state index is 12.5. The van der Waals surface area contributed by atoms with Gasteiger partial charge in [-0.1, -0.05) is 11.6 Å². The molecule has 0 aliphatic heterocycles. The van der Waals surface area contributed by atoms with Crippen molar-refractivity contribution in [2.75, 3.05) is 7.11 Å². The van der Waals surface area contributed by atoms with Gasteiger partial charge in [-0.2, -0.15) is 0 Å². The minimum absolute atomic E-state index is 0.0136. The minimum atomic E-state index is -0.602. The maximum absolute atomic E-state index is 12.5. The summed E-state index contributed by atoms with van der Waals surface area (Å²) < 4.78 is 6.91. The van der Waals surface area contributed by atoms with Crippen molar-refractivity contribution >= 4 is 5.91 Å². The third-order valence-corrected chi connectivity index (χ3v) is 3.50. The number of nitrogen functional groups attached to an aromatic ring is 1. The Hall–Kier alpha value is -2.60. The molecule has 0 fully saturated rings. The van der Waals surface area contributed by atoms with Crippen molar-refractivity contribution in [3.05, 3.63) is 51.8 Å². The quantitative estimate of drug-likeness (QED) is 0.508. The molecule has 1 aromatic heterocycles. The second-order valence-electron chi connectivity index (χ2n) is 4.86. The maximum Gasteiger partial charge on any atom is 0.270 e. The highest BCUT2D eigenvalue weighted by Crippen LogP contribution is 2.30. The number of nitrogens with one attached hydrogen (secondary N) is 1. The molecule has 0 saturated carbocycles. The lowest BCUT2D eigenvalue weighted by Gasteiger charge is -2.15. The summed E-state index contributed by atoms with van der Waals surface area (Å²) in [6.45, 7) is 4.24. The Morgan fingerprint density at radius 1 is 1.32 bits per heavy atom. The van der Waals surface area contributed by atoms with Crippen LogP contribution in [-0.4, -0.2) is 17.6 Å². The van der Waals surface area contributed by atoms with Crippen molar-refractivity contribution < 1.29 is 9.53 Å². The van der Waals surface area contributed by atoms with Gasteiger partial charge < -0.3 is 9.30 Å². The van der Waals surface area contributed by atoms with Crippen LogP contribution in [0.15, 0.2) is 35.1 Å². The summed E-state index contributed by atoms with van der Waals surface area (Å²) >= 11 is 0. The molecule has 1 aromatic carbocycles. The van der Waals surface area contributed by atoms with Gasteiger partial charge in [-0.05, 0) is 38.1 Å². The summed E-state index contributed by atoms with van der Waals surface area (Å²) in [6.07, 6.45) is 0. The molecule has 0 radical (unpaired) electrons. The van der Waals surface area contributed by atoms with Gasteiger partial charge in [0, 0.05) is 12.1 Å². The van der Waals surface area contributed by atoms with Crippen LogP contribution in [0.2, 0.25) is 0 Å². The zero-order chi connectivity index (χ0) is 16.3. The van der Waals surface area contributed by atoms with Crippen molar-refractivity contribution in [3.63, 3.8) is 0 Å². The molecule has 1 heterocycles. The van der Waals surface area contributed by atoms with Crippen molar-refractivity contribution in [2.24, 2.45) is 5.84 Å². The Bertz CT molecular complexity index is 766. The van der Waals surface area contributed by atoms with E-state index in [0.717, 1.165) is 11.1 Å². The first-order valence-electron chi connectivity index (χ1n) is 6.93. The number of carbonyl (C=O) groups is 1. The summed E-state index contributed by atoms with van der Waals surface area (Å²) in [5.74, 6) is 5.18. The number of aromatic nitrogens is 1. The predicted molar refractivity (Wildman–Crippen MR) is 84.8 cm³/mol. The van der Waals surface area contributed by atoms with Gasteiger partial charge in [-0.15, -0.1) is 0 Å². The van der Waals surface area contributed by atoms with E-state index in [1.807, 2.05) is 37.5 Å². The number of amides is 1. The van der Waals surface area contributed by atoms with E-state index in [2.05, 4.69) is 0 Å². The fourth-order valence-corrected chi connectivity index (χ4v) is 2.40. The molecule has 3 N–H and O–H groups in total. The SMILES string of the molecule is CCn1c(-c2cc(C)ccc2OC)ccc(C(=O)NN)c1=O. The number of nitrogens with two attached hydrogens (primary N) is 1. The van der Waals surface area contributed by atoms with Gasteiger partial charge in [-0.3, -0.25) is 15.0 Å². The van der Waals surface area contributed by atoms with Crippen LogP contribution in [0, 0.1) is 6.92 Å². The second kappa shape index (κ2) is 6.44. The lowest BCUT2D eigenvalue weighted by molar-refractivity contribution is 0.0951. The predicted octanol–water partition coefficient (Wildman–Crippen LogP) is 1.46. The molecule has 1 amide bonds. The summed E-state index contributed by atoms with van der Waals surface area (Å²) in [5, 5.41) is 0. The van der Waals surface area contributed by atoms with E-state index in [1.165, 1.54) is 10.6 Å². The van der Waals surface area contributed by atoms with Crippen molar-refractivity contribution in [1.82, 2.24) is 9.99 Å². The number of aryl methyl sites for hydroxylation is 1. The average Bonchev–Trinajstić information content (AvgIpc) is 2.53. The molecular weight excluding hydrogens is 282 g/mol.